The van der Waals surface area contributed by atoms with Crippen LogP contribution in [0.5, 0.6) is 0 Å². The molecular weight excluding hydrogens is 338 g/mol. The Morgan fingerprint density at radius 1 is 1.40 bits per heavy atom. The number of ether oxygens (including phenoxy) is 1. The molecule has 25 heavy (non-hydrogen) atoms. The topological polar surface area (TPSA) is 56.1 Å². The van der Waals surface area contributed by atoms with Crippen LogP contribution in [0.25, 0.3) is 11.3 Å². The van der Waals surface area contributed by atoms with Crippen molar-refractivity contribution in [1.82, 2.24) is 15.1 Å². The molecular formula is C19H22ClN3O2. The van der Waals surface area contributed by atoms with E-state index in [-0.39, 0.29) is 12.0 Å². The maximum Gasteiger partial charge on any atom is 0.316 e. The molecule has 1 saturated carbocycles. The minimum absolute atomic E-state index is 0.175. The number of fused-ring (bicyclic) bond motifs is 1. The first-order valence-corrected chi connectivity index (χ1v) is 9.03. The van der Waals surface area contributed by atoms with Crippen molar-refractivity contribution in [3.05, 3.63) is 40.0 Å². The number of hydrogen-bond donors (Lipinski definition) is 1. The van der Waals surface area contributed by atoms with Crippen molar-refractivity contribution in [3.63, 3.8) is 0 Å². The first kappa shape index (κ1) is 16.6. The standard InChI is InChI=1S/C19H22ClN3O2/c1-11-16-15(4-7-21-11)17(23(2)22-16)12-8-13(10-14(20)9-12)19(5-6-19)18(24)25-3/h8-11,21H,4-7H2,1-3H3. The fourth-order valence-corrected chi connectivity index (χ4v) is 4.22. The predicted octanol–water partition coefficient (Wildman–Crippen LogP) is 3.15. The second-order valence-electron chi connectivity index (χ2n) is 7.06. The number of hydrogen-bond acceptors (Lipinski definition) is 4. The lowest BCUT2D eigenvalue weighted by Crippen LogP contribution is -2.27. The summed E-state index contributed by atoms with van der Waals surface area (Å²) in [5.74, 6) is -0.175. The molecule has 1 aromatic heterocycles. The molecule has 2 aromatic rings. The van der Waals surface area contributed by atoms with E-state index >= 15 is 0 Å². The molecule has 0 bridgehead atoms. The average Bonchev–Trinajstić information content (AvgIpc) is 3.32. The molecule has 1 atom stereocenters. The van der Waals surface area contributed by atoms with Gasteiger partial charge in [-0.1, -0.05) is 11.6 Å². The summed E-state index contributed by atoms with van der Waals surface area (Å²) in [5.41, 5.74) is 4.89. The molecule has 4 rings (SSSR count). The van der Waals surface area contributed by atoms with E-state index in [2.05, 4.69) is 18.3 Å². The third-order valence-corrected chi connectivity index (χ3v) is 5.68. The average molecular weight is 360 g/mol. The number of carbonyl (C=O) groups is 1. The number of halogens is 1. The van der Waals surface area contributed by atoms with Crippen molar-refractivity contribution in [3.8, 4) is 11.3 Å². The lowest BCUT2D eigenvalue weighted by atomic mass is 9.91. The molecule has 1 aliphatic heterocycles. The lowest BCUT2D eigenvalue weighted by Gasteiger charge is -2.20. The first-order valence-electron chi connectivity index (χ1n) is 8.65. The minimum Gasteiger partial charge on any atom is -0.468 e. The Kier molecular flexibility index (Phi) is 3.89. The molecule has 6 heteroatoms. The van der Waals surface area contributed by atoms with Crippen molar-refractivity contribution < 1.29 is 9.53 Å². The number of rotatable bonds is 3. The Morgan fingerprint density at radius 2 is 2.16 bits per heavy atom. The van der Waals surface area contributed by atoms with Crippen LogP contribution in [-0.2, 0) is 28.4 Å². The highest BCUT2D eigenvalue weighted by Crippen LogP contribution is 2.50. The summed E-state index contributed by atoms with van der Waals surface area (Å²) in [6.45, 7) is 3.07. The molecule has 1 unspecified atom stereocenters. The smallest absolute Gasteiger partial charge is 0.316 e. The summed E-state index contributed by atoms with van der Waals surface area (Å²) in [6, 6.07) is 6.18. The summed E-state index contributed by atoms with van der Waals surface area (Å²) in [7, 11) is 3.41. The van der Waals surface area contributed by atoms with Gasteiger partial charge in [0.25, 0.3) is 0 Å². The minimum atomic E-state index is -0.526. The summed E-state index contributed by atoms with van der Waals surface area (Å²) >= 11 is 6.42. The number of nitrogens with one attached hydrogen (secondary N) is 1. The number of aryl methyl sites for hydroxylation is 1. The molecule has 0 radical (unpaired) electrons. The number of aromatic nitrogens is 2. The third-order valence-electron chi connectivity index (χ3n) is 5.46. The molecule has 1 N–H and O–H groups in total. The Hall–Kier alpha value is -1.85. The quantitative estimate of drug-likeness (QED) is 0.855. The Bertz CT molecular complexity index is 855. The predicted molar refractivity (Wildman–Crippen MR) is 96.7 cm³/mol. The van der Waals surface area contributed by atoms with Crippen LogP contribution >= 0.6 is 11.6 Å². The zero-order valence-corrected chi connectivity index (χ0v) is 15.5. The van der Waals surface area contributed by atoms with Gasteiger partial charge in [-0.25, -0.2) is 0 Å². The summed E-state index contributed by atoms with van der Waals surface area (Å²) in [4.78, 5) is 12.3. The third kappa shape index (κ3) is 2.57. The molecule has 132 valence electrons. The second kappa shape index (κ2) is 5.85. The molecule has 0 amide bonds. The van der Waals surface area contributed by atoms with Gasteiger partial charge in [0.15, 0.2) is 0 Å². The molecule has 5 nitrogen and oxygen atoms in total. The van der Waals surface area contributed by atoms with Crippen LogP contribution in [0.15, 0.2) is 18.2 Å². The maximum absolute atomic E-state index is 12.3. The highest BCUT2D eigenvalue weighted by atomic mass is 35.5. The van der Waals surface area contributed by atoms with Crippen LogP contribution in [0, 0.1) is 0 Å². The molecule has 2 heterocycles. The number of methoxy groups -OCH3 is 1. The van der Waals surface area contributed by atoms with Gasteiger partial charge < -0.3 is 10.1 Å². The SMILES string of the molecule is COC(=O)C1(c2cc(Cl)cc(-c3c4c(nn3C)C(C)NCC4)c2)CC1. The second-order valence-corrected chi connectivity index (χ2v) is 7.50. The van der Waals surface area contributed by atoms with Gasteiger partial charge in [0.2, 0.25) is 0 Å². The summed E-state index contributed by atoms with van der Waals surface area (Å²) in [6.07, 6.45) is 2.56. The number of nitrogens with zero attached hydrogens (tertiary/aromatic N) is 2. The van der Waals surface area contributed by atoms with Gasteiger partial charge in [0.05, 0.1) is 23.9 Å². The van der Waals surface area contributed by atoms with Gasteiger partial charge in [-0.15, -0.1) is 0 Å². The highest BCUT2D eigenvalue weighted by Gasteiger charge is 2.52. The van der Waals surface area contributed by atoms with Crippen molar-refractivity contribution in [2.75, 3.05) is 13.7 Å². The highest BCUT2D eigenvalue weighted by molar-refractivity contribution is 6.31. The Morgan fingerprint density at radius 3 is 2.84 bits per heavy atom. The Labute approximate surface area is 152 Å². The van der Waals surface area contributed by atoms with E-state index in [0.29, 0.717) is 5.02 Å². The summed E-state index contributed by atoms with van der Waals surface area (Å²) in [5, 5.41) is 8.80. The van der Waals surface area contributed by atoms with E-state index in [1.807, 2.05) is 23.9 Å². The van der Waals surface area contributed by atoms with Gasteiger partial charge in [-0.2, -0.15) is 5.10 Å². The molecule has 0 saturated heterocycles. The van der Waals surface area contributed by atoms with E-state index in [9.17, 15) is 4.79 Å². The van der Waals surface area contributed by atoms with Crippen LogP contribution in [0.3, 0.4) is 0 Å². The zero-order chi connectivity index (χ0) is 17.8. The van der Waals surface area contributed by atoms with Crippen LogP contribution in [0.1, 0.15) is 42.6 Å². The van der Waals surface area contributed by atoms with Crippen LogP contribution in [0.4, 0.5) is 0 Å². The van der Waals surface area contributed by atoms with Crippen molar-refractivity contribution in [1.29, 1.82) is 0 Å². The van der Waals surface area contributed by atoms with Crippen LogP contribution in [0.2, 0.25) is 5.02 Å². The van der Waals surface area contributed by atoms with Crippen molar-refractivity contribution >= 4 is 17.6 Å². The number of esters is 1. The van der Waals surface area contributed by atoms with Gasteiger partial charge in [-0.05, 0) is 56.5 Å². The van der Waals surface area contributed by atoms with Crippen molar-refractivity contribution in [2.45, 2.75) is 37.6 Å². The summed E-state index contributed by atoms with van der Waals surface area (Å²) < 4.78 is 6.95. The van der Waals surface area contributed by atoms with E-state index in [1.165, 1.54) is 12.7 Å². The van der Waals surface area contributed by atoms with Crippen molar-refractivity contribution in [2.24, 2.45) is 7.05 Å². The lowest BCUT2D eigenvalue weighted by molar-refractivity contribution is -0.143. The van der Waals surface area contributed by atoms with E-state index in [0.717, 1.165) is 48.3 Å². The van der Waals surface area contributed by atoms with E-state index in [4.69, 9.17) is 21.4 Å². The largest absolute Gasteiger partial charge is 0.468 e. The fourth-order valence-electron chi connectivity index (χ4n) is 3.99. The molecule has 1 aromatic carbocycles. The van der Waals surface area contributed by atoms with Gasteiger partial charge in [-0.3, -0.25) is 9.48 Å². The number of carbonyl (C=O) groups excluding carboxylic acids is 1. The van der Waals surface area contributed by atoms with Crippen LogP contribution < -0.4 is 5.32 Å². The Balaban J connectivity index is 1.84. The molecule has 0 spiro atoms. The number of benzene rings is 1. The maximum atomic E-state index is 12.3. The fraction of sp³-hybridized carbons (Fsp3) is 0.474. The normalized spacial score (nSPS) is 20.9. The van der Waals surface area contributed by atoms with Gasteiger partial charge >= 0.3 is 5.97 Å². The molecule has 1 aliphatic carbocycles. The zero-order valence-electron chi connectivity index (χ0n) is 14.7. The molecule has 1 fully saturated rings. The monoisotopic (exact) mass is 359 g/mol. The van der Waals surface area contributed by atoms with Gasteiger partial charge in [0, 0.05) is 29.2 Å². The van der Waals surface area contributed by atoms with E-state index < -0.39 is 5.41 Å². The first-order chi connectivity index (χ1) is 12.0. The van der Waals surface area contributed by atoms with Gasteiger partial charge in [0.1, 0.15) is 0 Å². The molecule has 2 aliphatic rings. The van der Waals surface area contributed by atoms with E-state index in [1.54, 1.807) is 0 Å². The van der Waals surface area contributed by atoms with Crippen LogP contribution in [-0.4, -0.2) is 29.4 Å².